The van der Waals surface area contributed by atoms with Crippen LogP contribution < -0.4 is 16.0 Å². The van der Waals surface area contributed by atoms with Crippen molar-refractivity contribution in [3.8, 4) is 0 Å². The third-order valence-corrected chi connectivity index (χ3v) is 3.87. The fourth-order valence-corrected chi connectivity index (χ4v) is 2.28. The van der Waals surface area contributed by atoms with Crippen LogP contribution in [-0.2, 0) is 9.59 Å². The summed E-state index contributed by atoms with van der Waals surface area (Å²) in [6.45, 7) is 3.44. The number of carbonyl (C=O) groups is 2. The molecule has 1 aliphatic heterocycles. The first-order valence-corrected chi connectivity index (χ1v) is 6.35. The number of hydrogen-bond donors (Lipinski definition) is 2. The topological polar surface area (TPSA) is 75.4 Å². The fraction of sp³-hybridized carbons (Fsp3) is 0.333. The van der Waals surface area contributed by atoms with Crippen LogP contribution in [0.3, 0.4) is 0 Å². The summed E-state index contributed by atoms with van der Waals surface area (Å²) in [4.78, 5) is 25.1. The number of hydrogen-bond acceptors (Lipinski definition) is 4. The average Bonchev–Trinajstić information content (AvgIpc) is 2.29. The maximum atomic E-state index is 11.9. The quantitative estimate of drug-likeness (QED) is 0.613. The number of anilines is 2. The van der Waals surface area contributed by atoms with Gasteiger partial charge < -0.3 is 10.6 Å². The van der Waals surface area contributed by atoms with Gasteiger partial charge in [-0.1, -0.05) is 23.2 Å². The van der Waals surface area contributed by atoms with Gasteiger partial charge in [-0.05, 0) is 26.0 Å². The van der Waals surface area contributed by atoms with Gasteiger partial charge in [0, 0.05) is 0 Å². The lowest BCUT2D eigenvalue weighted by molar-refractivity contribution is -0.135. The summed E-state index contributed by atoms with van der Waals surface area (Å²) >= 11 is 11.8. The highest BCUT2D eigenvalue weighted by Crippen LogP contribution is 2.36. The average molecular weight is 302 g/mol. The summed E-state index contributed by atoms with van der Waals surface area (Å²) in [5, 5.41) is 2.94. The Morgan fingerprint density at radius 1 is 1.26 bits per heavy atom. The number of benzene rings is 1. The molecule has 1 aliphatic rings. The van der Waals surface area contributed by atoms with Gasteiger partial charge in [0.2, 0.25) is 5.91 Å². The Morgan fingerprint density at radius 3 is 2.47 bits per heavy atom. The summed E-state index contributed by atoms with van der Waals surface area (Å²) < 4.78 is 0. The molecule has 2 rings (SSSR count). The van der Waals surface area contributed by atoms with Crippen LogP contribution in [0.1, 0.15) is 13.8 Å². The van der Waals surface area contributed by atoms with Gasteiger partial charge in [-0.2, -0.15) is 0 Å². The normalized spacial score (nSPS) is 18.4. The Labute approximate surface area is 120 Å². The maximum Gasteiger partial charge on any atom is 0.251 e. The largest absolute Gasteiger partial charge is 0.397 e. The minimum Gasteiger partial charge on any atom is -0.397 e. The fourth-order valence-electron chi connectivity index (χ4n) is 1.95. The number of halogens is 2. The molecule has 0 atom stereocenters. The maximum absolute atomic E-state index is 11.9. The molecule has 1 fully saturated rings. The van der Waals surface area contributed by atoms with E-state index in [2.05, 4.69) is 5.32 Å². The highest BCUT2D eigenvalue weighted by atomic mass is 35.5. The summed E-state index contributed by atoms with van der Waals surface area (Å²) in [5.74, 6) is -0.760. The lowest BCUT2D eigenvalue weighted by Gasteiger charge is -2.42. The van der Waals surface area contributed by atoms with E-state index in [1.807, 2.05) is 0 Å². The van der Waals surface area contributed by atoms with Crippen molar-refractivity contribution in [3.63, 3.8) is 0 Å². The molecular weight excluding hydrogens is 289 g/mol. The van der Waals surface area contributed by atoms with Crippen LogP contribution in [0.2, 0.25) is 10.0 Å². The summed E-state index contributed by atoms with van der Waals surface area (Å²) in [6, 6.07) is 3.07. The molecule has 1 aromatic carbocycles. The van der Waals surface area contributed by atoms with Gasteiger partial charge in [-0.25, -0.2) is 0 Å². The summed E-state index contributed by atoms with van der Waals surface area (Å²) in [5.41, 5.74) is 5.88. The molecule has 102 valence electrons. The van der Waals surface area contributed by atoms with Gasteiger partial charge in [-0.3, -0.25) is 14.9 Å². The smallest absolute Gasteiger partial charge is 0.251 e. The second kappa shape index (κ2) is 4.58. The monoisotopic (exact) mass is 301 g/mol. The van der Waals surface area contributed by atoms with Crippen molar-refractivity contribution in [1.82, 2.24) is 5.32 Å². The Kier molecular flexibility index (Phi) is 3.36. The molecule has 0 unspecified atom stereocenters. The number of amides is 2. The number of nitrogens with zero attached hydrogens (tertiary/aromatic N) is 1. The molecule has 0 saturated carbocycles. The highest BCUT2D eigenvalue weighted by molar-refractivity contribution is 6.42. The summed E-state index contributed by atoms with van der Waals surface area (Å²) in [6.07, 6.45) is 0. The number of nitrogen functional groups attached to an aromatic ring is 1. The lowest BCUT2D eigenvalue weighted by Crippen LogP contribution is -2.64. The molecule has 19 heavy (non-hydrogen) atoms. The SMILES string of the molecule is CC1(C)C(=O)NC(=O)CN1c1cc(Cl)c(Cl)cc1N. The van der Waals surface area contributed by atoms with Crippen molar-refractivity contribution in [1.29, 1.82) is 0 Å². The Balaban J connectivity index is 2.53. The molecule has 1 aromatic rings. The molecule has 2 amide bonds. The van der Waals surface area contributed by atoms with Gasteiger partial charge >= 0.3 is 0 Å². The Hall–Kier alpha value is -1.46. The minimum atomic E-state index is -0.904. The van der Waals surface area contributed by atoms with Gasteiger partial charge in [0.15, 0.2) is 0 Å². The molecule has 7 heteroatoms. The van der Waals surface area contributed by atoms with Crippen LogP contribution in [-0.4, -0.2) is 23.9 Å². The van der Waals surface area contributed by atoms with Crippen molar-refractivity contribution in [2.24, 2.45) is 0 Å². The first kappa shape index (κ1) is 14.0. The van der Waals surface area contributed by atoms with E-state index in [4.69, 9.17) is 28.9 Å². The molecule has 0 spiro atoms. The highest BCUT2D eigenvalue weighted by Gasteiger charge is 2.41. The predicted octanol–water partition coefficient (Wildman–Crippen LogP) is 1.82. The van der Waals surface area contributed by atoms with Crippen LogP contribution >= 0.6 is 23.2 Å². The van der Waals surface area contributed by atoms with Crippen molar-refractivity contribution in [2.75, 3.05) is 17.2 Å². The molecule has 1 heterocycles. The number of rotatable bonds is 1. The first-order valence-electron chi connectivity index (χ1n) is 5.60. The third kappa shape index (κ3) is 2.35. The zero-order chi connectivity index (χ0) is 14.4. The molecular formula is C12H13Cl2N3O2. The standard InChI is InChI=1S/C12H13Cl2N3O2/c1-12(2)11(19)16-10(18)5-17(12)9-4-7(14)6(13)3-8(9)15/h3-4H,5,15H2,1-2H3,(H,16,18,19). The van der Waals surface area contributed by atoms with E-state index < -0.39 is 5.54 Å². The molecule has 0 bridgehead atoms. The number of piperazine rings is 1. The van der Waals surface area contributed by atoms with Crippen LogP contribution in [0.5, 0.6) is 0 Å². The first-order chi connectivity index (χ1) is 8.73. The molecule has 5 nitrogen and oxygen atoms in total. The zero-order valence-electron chi connectivity index (χ0n) is 10.5. The zero-order valence-corrected chi connectivity index (χ0v) is 12.0. The van der Waals surface area contributed by atoms with E-state index in [1.165, 1.54) is 6.07 Å². The summed E-state index contributed by atoms with van der Waals surface area (Å²) in [7, 11) is 0. The van der Waals surface area contributed by atoms with Crippen molar-refractivity contribution >= 4 is 46.4 Å². The van der Waals surface area contributed by atoms with Crippen LogP contribution in [0, 0.1) is 0 Å². The van der Waals surface area contributed by atoms with E-state index in [0.29, 0.717) is 21.4 Å². The number of nitrogens with one attached hydrogen (secondary N) is 1. The second-order valence-corrected chi connectivity index (χ2v) is 5.66. The molecule has 0 aliphatic carbocycles. The van der Waals surface area contributed by atoms with Crippen LogP contribution in [0.4, 0.5) is 11.4 Å². The van der Waals surface area contributed by atoms with E-state index in [1.54, 1.807) is 24.8 Å². The van der Waals surface area contributed by atoms with E-state index in [9.17, 15) is 9.59 Å². The molecule has 0 radical (unpaired) electrons. The van der Waals surface area contributed by atoms with Gasteiger partial charge in [0.25, 0.3) is 5.91 Å². The minimum absolute atomic E-state index is 0.0287. The van der Waals surface area contributed by atoms with E-state index in [-0.39, 0.29) is 18.4 Å². The lowest BCUT2D eigenvalue weighted by atomic mass is 9.97. The van der Waals surface area contributed by atoms with E-state index in [0.717, 1.165) is 0 Å². The molecule has 0 aromatic heterocycles. The van der Waals surface area contributed by atoms with Gasteiger partial charge in [-0.15, -0.1) is 0 Å². The third-order valence-electron chi connectivity index (χ3n) is 3.15. The molecule has 1 saturated heterocycles. The number of nitrogens with two attached hydrogens (primary N) is 1. The van der Waals surface area contributed by atoms with Crippen molar-refractivity contribution < 1.29 is 9.59 Å². The second-order valence-electron chi connectivity index (χ2n) is 4.85. The Bertz CT molecular complexity index is 572. The number of carbonyl (C=O) groups excluding carboxylic acids is 2. The van der Waals surface area contributed by atoms with Crippen LogP contribution in [0.15, 0.2) is 12.1 Å². The van der Waals surface area contributed by atoms with Gasteiger partial charge in [0.05, 0.1) is 28.0 Å². The van der Waals surface area contributed by atoms with Crippen molar-refractivity contribution in [2.45, 2.75) is 19.4 Å². The predicted molar refractivity (Wildman–Crippen MR) is 75.4 cm³/mol. The molecule has 3 N–H and O–H groups in total. The van der Waals surface area contributed by atoms with Crippen molar-refractivity contribution in [3.05, 3.63) is 22.2 Å². The van der Waals surface area contributed by atoms with Gasteiger partial charge in [0.1, 0.15) is 5.54 Å². The van der Waals surface area contributed by atoms with E-state index >= 15 is 0 Å². The number of imide groups is 1. The van der Waals surface area contributed by atoms with Crippen LogP contribution in [0.25, 0.3) is 0 Å². The Morgan fingerprint density at radius 2 is 1.84 bits per heavy atom.